The number of aromatic nitrogens is 4. The predicted octanol–water partition coefficient (Wildman–Crippen LogP) is 3.33. The van der Waals surface area contributed by atoms with E-state index in [2.05, 4.69) is 15.1 Å². The fourth-order valence-corrected chi connectivity index (χ4v) is 3.01. The number of H-pyrrole nitrogens is 1. The lowest BCUT2D eigenvalue weighted by Gasteiger charge is -2.31. The zero-order valence-electron chi connectivity index (χ0n) is 14.3. The van der Waals surface area contributed by atoms with Crippen LogP contribution in [0.25, 0.3) is 11.0 Å². The topological polar surface area (TPSA) is 66.8 Å². The van der Waals surface area contributed by atoms with Crippen LogP contribution in [-0.4, -0.2) is 32.8 Å². The van der Waals surface area contributed by atoms with Gasteiger partial charge in [0.05, 0.1) is 12.1 Å². The summed E-state index contributed by atoms with van der Waals surface area (Å²) in [5.74, 6) is 0.262. The number of hydrogen-bond acceptors (Lipinski definition) is 4. The van der Waals surface area contributed by atoms with Gasteiger partial charge in [-0.1, -0.05) is 12.1 Å². The van der Waals surface area contributed by atoms with Gasteiger partial charge in [0.2, 0.25) is 5.95 Å². The average Bonchev–Trinajstić information content (AvgIpc) is 2.92. The van der Waals surface area contributed by atoms with Crippen LogP contribution in [-0.2, 0) is 12.7 Å². The van der Waals surface area contributed by atoms with Crippen molar-refractivity contribution in [1.82, 2.24) is 19.7 Å². The Morgan fingerprint density at radius 3 is 2.36 bits per heavy atom. The van der Waals surface area contributed by atoms with Crippen LogP contribution < -0.4 is 10.5 Å². The summed E-state index contributed by atoms with van der Waals surface area (Å²) in [4.78, 5) is 20.9. The first-order valence-electron chi connectivity index (χ1n) is 8.44. The Balaban J connectivity index is 1.77. The number of nitrogens with zero attached hydrogens (tertiary/aromatic N) is 4. The Bertz CT molecular complexity index is 1070. The summed E-state index contributed by atoms with van der Waals surface area (Å²) in [5.41, 5.74) is -1.86. The van der Waals surface area contributed by atoms with Crippen LogP contribution in [0.3, 0.4) is 0 Å². The monoisotopic (exact) mass is 399 g/mol. The lowest BCUT2D eigenvalue weighted by Crippen LogP contribution is -2.39. The minimum atomic E-state index is -4.47. The normalized spacial score (nSPS) is 14.7. The largest absolute Gasteiger partial charge is 0.416 e. The third-order valence-electron chi connectivity index (χ3n) is 4.59. The van der Waals surface area contributed by atoms with Gasteiger partial charge in [-0.25, -0.2) is 13.5 Å². The Morgan fingerprint density at radius 1 is 1.14 bits per heavy atom. The lowest BCUT2D eigenvalue weighted by molar-refractivity contribution is -0.137. The first-order chi connectivity index (χ1) is 13.2. The molecule has 2 aromatic heterocycles. The Morgan fingerprint density at radius 2 is 1.82 bits per heavy atom. The summed E-state index contributed by atoms with van der Waals surface area (Å²) in [6.45, 7) is 1.27. The summed E-state index contributed by atoms with van der Waals surface area (Å²) in [7, 11) is 0. The van der Waals surface area contributed by atoms with E-state index in [1.165, 1.54) is 12.1 Å². The maximum atomic E-state index is 13.4. The molecule has 0 amide bonds. The van der Waals surface area contributed by atoms with Crippen molar-refractivity contribution in [3.63, 3.8) is 0 Å². The second kappa shape index (κ2) is 6.57. The second-order valence-electron chi connectivity index (χ2n) is 6.47. The number of fused-ring (bicyclic) bond motifs is 1. The van der Waals surface area contributed by atoms with Crippen LogP contribution in [0.5, 0.6) is 0 Å². The van der Waals surface area contributed by atoms with Gasteiger partial charge in [0.1, 0.15) is 11.1 Å². The van der Waals surface area contributed by atoms with Crippen molar-refractivity contribution < 1.29 is 22.0 Å². The van der Waals surface area contributed by atoms with Crippen LogP contribution in [0.15, 0.2) is 29.1 Å². The molecule has 3 heterocycles. The number of alkyl halides is 5. The minimum Gasteiger partial charge on any atom is -0.342 e. The van der Waals surface area contributed by atoms with E-state index in [0.29, 0.717) is 18.7 Å². The van der Waals surface area contributed by atoms with Gasteiger partial charge in [-0.05, 0) is 24.1 Å². The highest BCUT2D eigenvalue weighted by molar-refractivity contribution is 5.78. The summed E-state index contributed by atoms with van der Waals surface area (Å²) in [5, 5.41) is 3.49. The number of rotatable bonds is 4. The van der Waals surface area contributed by atoms with E-state index >= 15 is 0 Å². The van der Waals surface area contributed by atoms with E-state index in [1.807, 2.05) is 0 Å². The Hall–Kier alpha value is -2.98. The van der Waals surface area contributed by atoms with Crippen LogP contribution in [0.2, 0.25) is 0 Å². The van der Waals surface area contributed by atoms with Crippen LogP contribution in [0.1, 0.15) is 29.7 Å². The second-order valence-corrected chi connectivity index (χ2v) is 6.47. The van der Waals surface area contributed by atoms with Gasteiger partial charge in [0.15, 0.2) is 5.65 Å². The molecule has 0 aliphatic carbocycles. The maximum Gasteiger partial charge on any atom is 0.416 e. The zero-order valence-corrected chi connectivity index (χ0v) is 14.3. The van der Waals surface area contributed by atoms with Gasteiger partial charge in [0.25, 0.3) is 12.0 Å². The summed E-state index contributed by atoms with van der Waals surface area (Å²) >= 11 is 0. The molecular weight excluding hydrogens is 385 g/mol. The van der Waals surface area contributed by atoms with Gasteiger partial charge in [-0.2, -0.15) is 23.3 Å². The number of benzene rings is 1. The van der Waals surface area contributed by atoms with Crippen molar-refractivity contribution >= 4 is 17.0 Å². The molecule has 1 aliphatic heterocycles. The SMILES string of the molecule is O=c1[nH]c(N2CCC2)nc2c1c(C(F)F)nn2Cc1ccc(C(F)(F)F)cc1. The van der Waals surface area contributed by atoms with Crippen molar-refractivity contribution in [3.05, 3.63) is 51.4 Å². The molecule has 1 aliphatic rings. The number of nitrogens with one attached hydrogen (secondary N) is 1. The molecule has 0 bridgehead atoms. The van der Waals surface area contributed by atoms with Crippen LogP contribution in [0, 0.1) is 0 Å². The molecule has 28 heavy (non-hydrogen) atoms. The van der Waals surface area contributed by atoms with Gasteiger partial charge < -0.3 is 4.90 Å². The molecule has 0 unspecified atom stereocenters. The van der Waals surface area contributed by atoms with Crippen LogP contribution in [0.4, 0.5) is 27.9 Å². The molecule has 4 rings (SSSR count). The third-order valence-corrected chi connectivity index (χ3v) is 4.59. The number of anilines is 1. The van der Waals surface area contributed by atoms with Crippen molar-refractivity contribution in [3.8, 4) is 0 Å². The maximum absolute atomic E-state index is 13.4. The molecule has 1 aromatic carbocycles. The fourth-order valence-electron chi connectivity index (χ4n) is 3.01. The smallest absolute Gasteiger partial charge is 0.342 e. The van der Waals surface area contributed by atoms with Crippen molar-refractivity contribution in [1.29, 1.82) is 0 Å². The number of aromatic amines is 1. The van der Waals surface area contributed by atoms with Crippen LogP contribution >= 0.6 is 0 Å². The molecule has 1 fully saturated rings. The van der Waals surface area contributed by atoms with E-state index in [1.54, 1.807) is 4.90 Å². The summed E-state index contributed by atoms with van der Waals surface area (Å²) in [6, 6.07) is 4.28. The fraction of sp³-hybridized carbons (Fsp3) is 0.353. The van der Waals surface area contributed by atoms with Crippen molar-refractivity contribution in [2.75, 3.05) is 18.0 Å². The van der Waals surface area contributed by atoms with E-state index < -0.39 is 29.4 Å². The lowest BCUT2D eigenvalue weighted by atomic mass is 10.1. The van der Waals surface area contributed by atoms with Crippen molar-refractivity contribution in [2.45, 2.75) is 25.6 Å². The van der Waals surface area contributed by atoms with E-state index in [4.69, 9.17) is 0 Å². The summed E-state index contributed by atoms with van der Waals surface area (Å²) < 4.78 is 65.9. The first-order valence-corrected chi connectivity index (χ1v) is 8.44. The quantitative estimate of drug-likeness (QED) is 0.684. The molecule has 0 saturated carbocycles. The number of hydrogen-bond donors (Lipinski definition) is 1. The Kier molecular flexibility index (Phi) is 4.31. The first kappa shape index (κ1) is 18.4. The third kappa shape index (κ3) is 3.20. The molecule has 0 spiro atoms. The molecule has 3 aromatic rings. The Labute approximate surface area is 154 Å². The molecule has 11 heteroatoms. The standard InChI is InChI=1S/C17H14F5N5O/c18-13(19)12-11-14(23-16(24-15(11)28)26-6-1-7-26)27(25-12)8-9-2-4-10(5-3-9)17(20,21)22/h2-5,13H,1,6-8H2,(H,23,24,28). The highest BCUT2D eigenvalue weighted by Gasteiger charge is 2.30. The van der Waals surface area contributed by atoms with E-state index in [-0.39, 0.29) is 23.5 Å². The van der Waals surface area contributed by atoms with Gasteiger partial charge in [-0.3, -0.25) is 9.78 Å². The molecule has 148 valence electrons. The molecule has 6 nitrogen and oxygen atoms in total. The minimum absolute atomic E-state index is 0.0270. The molecule has 0 radical (unpaired) electrons. The van der Waals surface area contributed by atoms with Gasteiger partial charge in [0, 0.05) is 13.1 Å². The summed E-state index contributed by atoms with van der Waals surface area (Å²) in [6.07, 6.45) is -6.54. The molecule has 1 N–H and O–H groups in total. The molecule has 1 saturated heterocycles. The van der Waals surface area contributed by atoms with E-state index in [9.17, 15) is 26.7 Å². The van der Waals surface area contributed by atoms with E-state index in [0.717, 1.165) is 23.2 Å². The van der Waals surface area contributed by atoms with Gasteiger partial charge in [-0.15, -0.1) is 0 Å². The van der Waals surface area contributed by atoms with Gasteiger partial charge >= 0.3 is 6.18 Å². The zero-order chi connectivity index (χ0) is 20.1. The highest BCUT2D eigenvalue weighted by Crippen LogP contribution is 2.30. The number of halogens is 5. The highest BCUT2D eigenvalue weighted by atomic mass is 19.4. The average molecular weight is 399 g/mol. The molecule has 0 atom stereocenters. The predicted molar refractivity (Wildman–Crippen MR) is 90.5 cm³/mol. The van der Waals surface area contributed by atoms with Crippen molar-refractivity contribution in [2.24, 2.45) is 0 Å². The molecular formula is C17H14F5N5O.